The van der Waals surface area contributed by atoms with E-state index < -0.39 is 17.2 Å². The zero-order valence-corrected chi connectivity index (χ0v) is 14.3. The van der Waals surface area contributed by atoms with Crippen molar-refractivity contribution < 1.29 is 18.3 Å². The summed E-state index contributed by atoms with van der Waals surface area (Å²) in [6.07, 6.45) is 3.49. The smallest absolute Gasteiger partial charge is 0.410 e. The van der Waals surface area contributed by atoms with Crippen LogP contribution in [0.5, 0.6) is 0 Å². The van der Waals surface area contributed by atoms with Crippen molar-refractivity contribution in [1.29, 1.82) is 0 Å². The average molecular weight is 335 g/mol. The minimum Gasteiger partial charge on any atom is -0.444 e. The van der Waals surface area contributed by atoms with E-state index >= 15 is 0 Å². The van der Waals surface area contributed by atoms with Crippen molar-refractivity contribution in [3.63, 3.8) is 0 Å². The van der Waals surface area contributed by atoms with Gasteiger partial charge >= 0.3 is 6.09 Å². The molecule has 2 unspecified atom stereocenters. The van der Waals surface area contributed by atoms with Gasteiger partial charge in [-0.2, -0.15) is 0 Å². The van der Waals surface area contributed by atoms with Gasteiger partial charge in [-0.3, -0.25) is 0 Å². The molecule has 1 aliphatic heterocycles. The Morgan fingerprint density at radius 3 is 2.42 bits per heavy atom. The van der Waals surface area contributed by atoms with Crippen LogP contribution >= 0.6 is 0 Å². The van der Waals surface area contributed by atoms with Gasteiger partial charge in [-0.25, -0.2) is 13.6 Å². The van der Waals surface area contributed by atoms with Gasteiger partial charge in [0, 0.05) is 19.2 Å². The lowest BCUT2D eigenvalue weighted by molar-refractivity contribution is 0.0121. The fraction of sp³-hybridized carbons (Fsp3) is 0.526. The van der Waals surface area contributed by atoms with Gasteiger partial charge in [0.1, 0.15) is 17.2 Å². The van der Waals surface area contributed by atoms with Gasteiger partial charge in [0.15, 0.2) is 0 Å². The molecule has 24 heavy (non-hydrogen) atoms. The molecule has 0 radical (unpaired) electrons. The number of likely N-dealkylation sites (tertiary alicyclic amines) is 1. The highest BCUT2D eigenvalue weighted by Gasteiger charge is 2.35. The Balaban J connectivity index is 1.76. The number of benzene rings is 1. The fourth-order valence-corrected chi connectivity index (χ4v) is 3.61. The van der Waals surface area contributed by atoms with E-state index in [1.54, 1.807) is 4.90 Å². The SMILES string of the molecule is CC(C)(C)OC(=O)N1CC2C=C(c3cc(F)cc(F)c3)CC(C2)C1. The second-order valence-electron chi connectivity index (χ2n) is 7.80. The van der Waals surface area contributed by atoms with E-state index in [0.717, 1.165) is 24.5 Å². The lowest BCUT2D eigenvalue weighted by atomic mass is 9.77. The number of fused-ring (bicyclic) bond motifs is 2. The van der Waals surface area contributed by atoms with Crippen molar-refractivity contribution in [2.75, 3.05) is 13.1 Å². The summed E-state index contributed by atoms with van der Waals surface area (Å²) in [6, 6.07) is 3.64. The van der Waals surface area contributed by atoms with Gasteiger partial charge in [0.2, 0.25) is 0 Å². The molecule has 1 saturated heterocycles. The lowest BCUT2D eigenvalue weighted by Gasteiger charge is -2.40. The summed E-state index contributed by atoms with van der Waals surface area (Å²) in [5.74, 6) is -0.622. The van der Waals surface area contributed by atoms with Gasteiger partial charge in [-0.15, -0.1) is 0 Å². The molecule has 1 heterocycles. The Kier molecular flexibility index (Phi) is 4.37. The third kappa shape index (κ3) is 3.94. The van der Waals surface area contributed by atoms with Gasteiger partial charge in [0.25, 0.3) is 0 Å². The van der Waals surface area contributed by atoms with Crippen LogP contribution in [0.25, 0.3) is 5.57 Å². The molecular weight excluding hydrogens is 312 g/mol. The van der Waals surface area contributed by atoms with E-state index in [-0.39, 0.29) is 12.0 Å². The maximum atomic E-state index is 13.5. The molecule has 0 aromatic heterocycles. The molecule has 1 aliphatic carbocycles. The van der Waals surface area contributed by atoms with E-state index in [1.165, 1.54) is 12.1 Å². The first kappa shape index (κ1) is 16.9. The minimum atomic E-state index is -0.558. The van der Waals surface area contributed by atoms with Crippen LogP contribution in [0.3, 0.4) is 0 Å². The first-order chi connectivity index (χ1) is 11.2. The first-order valence-corrected chi connectivity index (χ1v) is 8.35. The molecular formula is C19H23F2NO2. The second kappa shape index (κ2) is 6.19. The summed E-state index contributed by atoms with van der Waals surface area (Å²) >= 11 is 0. The standard InChI is InChI=1S/C19H23F2NO2/c1-19(2,3)24-18(23)22-10-12-4-13(11-22)6-14(5-12)15-7-16(20)9-17(21)8-15/h5,7-9,12-13H,4,6,10-11H2,1-3H3. The summed E-state index contributed by atoms with van der Waals surface area (Å²) in [6.45, 7) is 6.78. The van der Waals surface area contributed by atoms with Crippen molar-refractivity contribution in [1.82, 2.24) is 4.90 Å². The van der Waals surface area contributed by atoms with Crippen LogP contribution in [0.15, 0.2) is 24.3 Å². The van der Waals surface area contributed by atoms with E-state index in [1.807, 2.05) is 20.8 Å². The Hall–Kier alpha value is -1.91. The molecule has 0 N–H and O–H groups in total. The summed E-state index contributed by atoms with van der Waals surface area (Å²) in [7, 11) is 0. The molecule has 2 aliphatic rings. The van der Waals surface area contributed by atoms with E-state index in [9.17, 15) is 13.6 Å². The maximum Gasteiger partial charge on any atom is 0.410 e. The predicted molar refractivity (Wildman–Crippen MR) is 88.4 cm³/mol. The van der Waals surface area contributed by atoms with Crippen LogP contribution in [-0.2, 0) is 4.74 Å². The number of ether oxygens (including phenoxy) is 1. The van der Waals surface area contributed by atoms with Crippen molar-refractivity contribution in [2.45, 2.75) is 39.2 Å². The van der Waals surface area contributed by atoms with Crippen LogP contribution in [0.2, 0.25) is 0 Å². The molecule has 1 amide bonds. The molecule has 3 nitrogen and oxygen atoms in total. The molecule has 0 spiro atoms. The third-order valence-electron chi connectivity index (χ3n) is 4.40. The largest absolute Gasteiger partial charge is 0.444 e. The Bertz CT molecular complexity index is 658. The number of amides is 1. The second-order valence-corrected chi connectivity index (χ2v) is 7.80. The fourth-order valence-electron chi connectivity index (χ4n) is 3.61. The van der Waals surface area contributed by atoms with Crippen LogP contribution in [0.1, 0.15) is 39.2 Å². The quantitative estimate of drug-likeness (QED) is 0.749. The van der Waals surface area contributed by atoms with Crippen LogP contribution in [0, 0.1) is 23.5 Å². The number of carbonyl (C=O) groups excluding carboxylic acids is 1. The number of nitrogens with zero attached hydrogens (tertiary/aromatic N) is 1. The Morgan fingerprint density at radius 2 is 1.83 bits per heavy atom. The van der Waals surface area contributed by atoms with Crippen molar-refractivity contribution in [3.05, 3.63) is 41.5 Å². The van der Waals surface area contributed by atoms with E-state index in [0.29, 0.717) is 24.6 Å². The third-order valence-corrected chi connectivity index (χ3v) is 4.40. The molecule has 5 heteroatoms. The van der Waals surface area contributed by atoms with Crippen LogP contribution in [-0.4, -0.2) is 29.7 Å². The van der Waals surface area contributed by atoms with Crippen molar-refractivity contribution in [3.8, 4) is 0 Å². The van der Waals surface area contributed by atoms with Crippen molar-refractivity contribution in [2.24, 2.45) is 11.8 Å². The highest BCUT2D eigenvalue weighted by atomic mass is 19.1. The number of rotatable bonds is 1. The zero-order chi connectivity index (χ0) is 17.5. The summed E-state index contributed by atoms with van der Waals surface area (Å²) in [5.41, 5.74) is 1.07. The molecule has 1 fully saturated rings. The predicted octanol–water partition coefficient (Wildman–Crippen LogP) is 4.63. The van der Waals surface area contributed by atoms with Gasteiger partial charge in [0.05, 0.1) is 0 Å². The Labute approximate surface area is 141 Å². The zero-order valence-electron chi connectivity index (χ0n) is 14.3. The monoisotopic (exact) mass is 335 g/mol. The number of hydrogen-bond acceptors (Lipinski definition) is 2. The molecule has 1 aromatic rings. The van der Waals surface area contributed by atoms with Gasteiger partial charge in [-0.1, -0.05) is 6.08 Å². The summed E-state index contributed by atoms with van der Waals surface area (Å²) < 4.78 is 32.4. The topological polar surface area (TPSA) is 29.5 Å². The molecule has 3 rings (SSSR count). The van der Waals surface area contributed by atoms with Gasteiger partial charge in [-0.05, 0) is 68.7 Å². The highest BCUT2D eigenvalue weighted by molar-refractivity contribution is 5.70. The molecule has 0 saturated carbocycles. The lowest BCUT2D eigenvalue weighted by Crippen LogP contribution is -2.46. The van der Waals surface area contributed by atoms with Crippen molar-refractivity contribution >= 4 is 11.7 Å². The number of piperidine rings is 1. The summed E-state index contributed by atoms with van der Waals surface area (Å²) in [4.78, 5) is 14.0. The van der Waals surface area contributed by atoms with E-state index in [2.05, 4.69) is 6.08 Å². The van der Waals surface area contributed by atoms with Gasteiger partial charge < -0.3 is 9.64 Å². The molecule has 2 atom stereocenters. The number of allylic oxidation sites excluding steroid dienone is 1. The normalized spacial score (nSPS) is 23.7. The van der Waals surface area contributed by atoms with Crippen LogP contribution < -0.4 is 0 Å². The maximum absolute atomic E-state index is 13.5. The molecule has 2 bridgehead atoms. The minimum absolute atomic E-state index is 0.200. The van der Waals surface area contributed by atoms with Crippen LogP contribution in [0.4, 0.5) is 13.6 Å². The first-order valence-electron chi connectivity index (χ1n) is 8.35. The highest BCUT2D eigenvalue weighted by Crippen LogP contribution is 2.38. The average Bonchev–Trinajstić information content (AvgIpc) is 2.43. The molecule has 130 valence electrons. The number of carbonyl (C=O) groups is 1. The number of halogens is 2. The molecule has 1 aromatic carbocycles. The Morgan fingerprint density at radius 1 is 1.17 bits per heavy atom. The summed E-state index contributed by atoms with van der Waals surface area (Å²) in [5, 5.41) is 0. The number of hydrogen-bond donors (Lipinski definition) is 0. The van der Waals surface area contributed by atoms with E-state index in [4.69, 9.17) is 4.74 Å².